The number of hydrogen-bond donors (Lipinski definition) is 2. The number of anilines is 1. The van der Waals surface area contributed by atoms with Gasteiger partial charge in [-0.2, -0.15) is 12.6 Å². The third-order valence-electron chi connectivity index (χ3n) is 2.50. The van der Waals surface area contributed by atoms with Gasteiger partial charge in [-0.15, -0.1) is 0 Å². The second kappa shape index (κ2) is 6.55. The van der Waals surface area contributed by atoms with E-state index in [1.807, 2.05) is 18.2 Å². The predicted octanol–water partition coefficient (Wildman–Crippen LogP) is 3.08. The number of amides is 1. The standard InChI is InChI=1S/C13H19NO2S/c1-9(2)10-4-5-12(16-3)11(8-10)14-13(15)6-7-17/h4-5,8-9,17H,6-7H2,1-3H3,(H,14,15). The molecular formula is C13H19NO2S. The fourth-order valence-corrected chi connectivity index (χ4v) is 1.70. The van der Waals surface area contributed by atoms with Crippen LogP contribution in [0.2, 0.25) is 0 Å². The molecule has 0 saturated heterocycles. The Morgan fingerprint density at radius 1 is 1.47 bits per heavy atom. The predicted molar refractivity (Wildman–Crippen MR) is 74.2 cm³/mol. The molecule has 3 nitrogen and oxygen atoms in total. The van der Waals surface area contributed by atoms with Gasteiger partial charge >= 0.3 is 0 Å². The molecule has 0 unspecified atom stereocenters. The van der Waals surface area contributed by atoms with Gasteiger partial charge < -0.3 is 10.1 Å². The van der Waals surface area contributed by atoms with Gasteiger partial charge in [-0.1, -0.05) is 19.9 Å². The van der Waals surface area contributed by atoms with Gasteiger partial charge in [0.05, 0.1) is 12.8 Å². The minimum Gasteiger partial charge on any atom is -0.495 e. The van der Waals surface area contributed by atoms with Crippen molar-refractivity contribution in [2.45, 2.75) is 26.2 Å². The number of carbonyl (C=O) groups excluding carboxylic acids is 1. The second-order valence-electron chi connectivity index (χ2n) is 4.14. The molecule has 1 amide bonds. The van der Waals surface area contributed by atoms with E-state index in [9.17, 15) is 4.79 Å². The SMILES string of the molecule is COc1ccc(C(C)C)cc1NC(=O)CCS. The van der Waals surface area contributed by atoms with Gasteiger partial charge in [0, 0.05) is 6.42 Å². The molecule has 0 aliphatic rings. The molecule has 0 fully saturated rings. The highest BCUT2D eigenvalue weighted by Crippen LogP contribution is 2.28. The van der Waals surface area contributed by atoms with E-state index in [0.717, 1.165) is 5.69 Å². The molecule has 0 aliphatic heterocycles. The first-order valence-corrected chi connectivity index (χ1v) is 6.30. The molecule has 4 heteroatoms. The summed E-state index contributed by atoms with van der Waals surface area (Å²) in [6.07, 6.45) is 0.401. The molecule has 0 bridgehead atoms. The van der Waals surface area contributed by atoms with Crippen LogP contribution < -0.4 is 10.1 Å². The van der Waals surface area contributed by atoms with Crippen molar-refractivity contribution in [3.63, 3.8) is 0 Å². The van der Waals surface area contributed by atoms with Gasteiger partial charge in [0.25, 0.3) is 0 Å². The summed E-state index contributed by atoms with van der Waals surface area (Å²) in [5, 5.41) is 2.84. The Labute approximate surface area is 108 Å². The van der Waals surface area contributed by atoms with Crippen molar-refractivity contribution in [3.8, 4) is 5.75 Å². The molecule has 0 spiro atoms. The number of rotatable bonds is 5. The van der Waals surface area contributed by atoms with Crippen molar-refractivity contribution >= 4 is 24.2 Å². The van der Waals surface area contributed by atoms with Gasteiger partial charge in [-0.25, -0.2) is 0 Å². The first-order valence-electron chi connectivity index (χ1n) is 5.67. The summed E-state index contributed by atoms with van der Waals surface area (Å²) >= 11 is 4.04. The minimum absolute atomic E-state index is 0.0424. The van der Waals surface area contributed by atoms with Crippen LogP contribution in [0, 0.1) is 0 Å². The summed E-state index contributed by atoms with van der Waals surface area (Å²) in [5.41, 5.74) is 1.90. The molecule has 17 heavy (non-hydrogen) atoms. The molecule has 0 radical (unpaired) electrons. The fourth-order valence-electron chi connectivity index (χ4n) is 1.50. The number of methoxy groups -OCH3 is 1. The quantitative estimate of drug-likeness (QED) is 0.791. The number of thiol groups is 1. The van der Waals surface area contributed by atoms with Crippen LogP contribution in [0.15, 0.2) is 18.2 Å². The lowest BCUT2D eigenvalue weighted by Crippen LogP contribution is -2.12. The lowest BCUT2D eigenvalue weighted by molar-refractivity contribution is -0.115. The number of ether oxygens (including phenoxy) is 1. The second-order valence-corrected chi connectivity index (χ2v) is 4.58. The Morgan fingerprint density at radius 2 is 2.18 bits per heavy atom. The third kappa shape index (κ3) is 3.97. The average molecular weight is 253 g/mol. The fraction of sp³-hybridized carbons (Fsp3) is 0.462. The van der Waals surface area contributed by atoms with Gasteiger partial charge in [-0.05, 0) is 29.4 Å². The summed E-state index contributed by atoms with van der Waals surface area (Å²) in [6, 6.07) is 5.85. The van der Waals surface area contributed by atoms with E-state index in [4.69, 9.17) is 4.74 Å². The van der Waals surface area contributed by atoms with E-state index in [1.165, 1.54) is 5.56 Å². The maximum atomic E-state index is 11.5. The molecule has 1 rings (SSSR count). The van der Waals surface area contributed by atoms with Crippen molar-refractivity contribution in [2.75, 3.05) is 18.2 Å². The summed E-state index contributed by atoms with van der Waals surface area (Å²) in [4.78, 5) is 11.5. The largest absolute Gasteiger partial charge is 0.495 e. The third-order valence-corrected chi connectivity index (χ3v) is 2.73. The molecule has 0 heterocycles. The summed E-state index contributed by atoms with van der Waals surface area (Å²) in [5.74, 6) is 1.60. The van der Waals surface area contributed by atoms with Crippen molar-refractivity contribution < 1.29 is 9.53 Å². The Bertz CT molecular complexity index is 391. The van der Waals surface area contributed by atoms with Crippen LogP contribution >= 0.6 is 12.6 Å². The summed E-state index contributed by atoms with van der Waals surface area (Å²) in [7, 11) is 1.60. The number of benzene rings is 1. The summed E-state index contributed by atoms with van der Waals surface area (Å²) in [6.45, 7) is 4.22. The molecule has 1 N–H and O–H groups in total. The zero-order valence-corrected chi connectivity index (χ0v) is 11.4. The Hall–Kier alpha value is -1.16. The molecule has 0 aliphatic carbocycles. The molecule has 1 aromatic carbocycles. The normalized spacial score (nSPS) is 10.4. The highest BCUT2D eigenvalue weighted by atomic mass is 32.1. The van der Waals surface area contributed by atoms with Gasteiger partial charge in [0.1, 0.15) is 5.75 Å². The van der Waals surface area contributed by atoms with E-state index in [0.29, 0.717) is 23.8 Å². The first kappa shape index (κ1) is 13.9. The molecule has 94 valence electrons. The number of nitrogens with one attached hydrogen (secondary N) is 1. The van der Waals surface area contributed by atoms with Crippen molar-refractivity contribution in [3.05, 3.63) is 23.8 Å². The van der Waals surface area contributed by atoms with Crippen molar-refractivity contribution in [2.24, 2.45) is 0 Å². The molecular weight excluding hydrogens is 234 g/mol. The number of hydrogen-bond acceptors (Lipinski definition) is 3. The Morgan fingerprint density at radius 3 is 2.71 bits per heavy atom. The van der Waals surface area contributed by atoms with E-state index < -0.39 is 0 Å². The van der Waals surface area contributed by atoms with Crippen LogP contribution in [0.5, 0.6) is 5.75 Å². The maximum absolute atomic E-state index is 11.5. The maximum Gasteiger partial charge on any atom is 0.225 e. The zero-order chi connectivity index (χ0) is 12.8. The molecule has 0 atom stereocenters. The smallest absolute Gasteiger partial charge is 0.225 e. The molecule has 0 aromatic heterocycles. The molecule has 0 saturated carbocycles. The Kier molecular flexibility index (Phi) is 5.35. The van der Waals surface area contributed by atoms with Crippen LogP contribution in [0.3, 0.4) is 0 Å². The van der Waals surface area contributed by atoms with E-state index >= 15 is 0 Å². The van der Waals surface area contributed by atoms with E-state index in [2.05, 4.69) is 31.8 Å². The lowest BCUT2D eigenvalue weighted by Gasteiger charge is -2.13. The minimum atomic E-state index is -0.0424. The Balaban J connectivity index is 2.93. The highest BCUT2D eigenvalue weighted by Gasteiger charge is 2.09. The zero-order valence-electron chi connectivity index (χ0n) is 10.5. The topological polar surface area (TPSA) is 38.3 Å². The highest BCUT2D eigenvalue weighted by molar-refractivity contribution is 7.80. The van der Waals surface area contributed by atoms with Crippen LogP contribution in [0.4, 0.5) is 5.69 Å². The number of carbonyl (C=O) groups is 1. The summed E-state index contributed by atoms with van der Waals surface area (Å²) < 4.78 is 5.23. The van der Waals surface area contributed by atoms with Crippen molar-refractivity contribution in [1.29, 1.82) is 0 Å². The van der Waals surface area contributed by atoms with Crippen LogP contribution in [0.1, 0.15) is 31.7 Å². The first-order chi connectivity index (χ1) is 8.08. The van der Waals surface area contributed by atoms with E-state index in [1.54, 1.807) is 7.11 Å². The van der Waals surface area contributed by atoms with Gasteiger partial charge in [0.15, 0.2) is 0 Å². The van der Waals surface area contributed by atoms with Crippen LogP contribution in [-0.2, 0) is 4.79 Å². The monoisotopic (exact) mass is 253 g/mol. The van der Waals surface area contributed by atoms with Crippen molar-refractivity contribution in [1.82, 2.24) is 0 Å². The average Bonchev–Trinajstić information content (AvgIpc) is 2.29. The van der Waals surface area contributed by atoms with Crippen LogP contribution in [-0.4, -0.2) is 18.8 Å². The lowest BCUT2D eigenvalue weighted by atomic mass is 10.0. The van der Waals surface area contributed by atoms with Gasteiger partial charge in [0.2, 0.25) is 5.91 Å². The molecule has 1 aromatic rings. The van der Waals surface area contributed by atoms with Gasteiger partial charge in [-0.3, -0.25) is 4.79 Å². The van der Waals surface area contributed by atoms with Crippen LogP contribution in [0.25, 0.3) is 0 Å². The van der Waals surface area contributed by atoms with E-state index in [-0.39, 0.29) is 5.91 Å².